The normalized spacial score (nSPS) is 15.3. The first-order chi connectivity index (χ1) is 7.33. The number of aromatic nitrogens is 1. The van der Waals surface area contributed by atoms with Gasteiger partial charge in [-0.1, -0.05) is 13.3 Å². The Labute approximate surface area is 91.3 Å². The molecule has 1 aliphatic rings. The van der Waals surface area contributed by atoms with Crippen molar-refractivity contribution >= 4 is 11.5 Å². The minimum absolute atomic E-state index is 0.667. The summed E-state index contributed by atoms with van der Waals surface area (Å²) in [6.07, 6.45) is 6.81. The number of pyridine rings is 1. The van der Waals surface area contributed by atoms with Crippen LogP contribution in [0.25, 0.3) is 0 Å². The zero-order valence-electron chi connectivity index (χ0n) is 9.32. The van der Waals surface area contributed by atoms with Crippen LogP contribution < -0.4 is 10.6 Å². The molecule has 0 saturated heterocycles. The van der Waals surface area contributed by atoms with Crippen LogP contribution in [0.4, 0.5) is 11.5 Å². The predicted molar refractivity (Wildman–Crippen MR) is 63.9 cm³/mol. The number of hydrogen-bond donors (Lipinski definition) is 1. The Morgan fingerprint density at radius 3 is 2.93 bits per heavy atom. The van der Waals surface area contributed by atoms with Crippen molar-refractivity contribution in [1.29, 1.82) is 0 Å². The summed E-state index contributed by atoms with van der Waals surface area (Å²) in [6, 6.07) is 4.76. The van der Waals surface area contributed by atoms with Crippen molar-refractivity contribution in [3.63, 3.8) is 0 Å². The van der Waals surface area contributed by atoms with Crippen molar-refractivity contribution in [3.05, 3.63) is 18.3 Å². The van der Waals surface area contributed by atoms with Gasteiger partial charge in [-0.25, -0.2) is 4.98 Å². The molecule has 0 unspecified atom stereocenters. The van der Waals surface area contributed by atoms with Gasteiger partial charge in [-0.3, -0.25) is 0 Å². The summed E-state index contributed by atoms with van der Waals surface area (Å²) < 4.78 is 0. The monoisotopic (exact) mass is 205 g/mol. The molecule has 0 radical (unpaired) electrons. The Morgan fingerprint density at radius 1 is 1.53 bits per heavy atom. The Kier molecular flexibility index (Phi) is 3.09. The number of nitrogens with two attached hydrogens (primary N) is 1. The minimum Gasteiger partial charge on any atom is -0.382 e. The number of unbranched alkanes of at least 4 members (excludes halogenated alkanes) is 1. The first-order valence-electron chi connectivity index (χ1n) is 5.80. The molecule has 15 heavy (non-hydrogen) atoms. The van der Waals surface area contributed by atoms with Gasteiger partial charge < -0.3 is 10.6 Å². The van der Waals surface area contributed by atoms with Crippen LogP contribution in [0.1, 0.15) is 32.6 Å². The van der Waals surface area contributed by atoms with E-state index in [1.165, 1.54) is 25.7 Å². The van der Waals surface area contributed by atoms with E-state index in [1.54, 1.807) is 6.20 Å². The predicted octanol–water partition coefficient (Wildman–Crippen LogP) is 2.43. The van der Waals surface area contributed by atoms with Gasteiger partial charge in [0.05, 0.1) is 5.69 Å². The van der Waals surface area contributed by atoms with Crippen LogP contribution in [-0.4, -0.2) is 17.6 Å². The zero-order chi connectivity index (χ0) is 10.7. The Hall–Kier alpha value is -1.25. The molecule has 1 aliphatic carbocycles. The second-order valence-electron chi connectivity index (χ2n) is 4.19. The third-order valence-corrected chi connectivity index (χ3v) is 2.87. The van der Waals surface area contributed by atoms with Gasteiger partial charge >= 0.3 is 0 Å². The van der Waals surface area contributed by atoms with E-state index in [0.29, 0.717) is 11.9 Å². The Balaban J connectivity index is 2.13. The highest BCUT2D eigenvalue weighted by molar-refractivity contribution is 5.64. The van der Waals surface area contributed by atoms with Crippen molar-refractivity contribution in [3.8, 4) is 0 Å². The molecule has 0 aromatic carbocycles. The van der Waals surface area contributed by atoms with Crippen LogP contribution in [0, 0.1) is 0 Å². The molecule has 2 N–H and O–H groups in total. The molecule has 3 nitrogen and oxygen atoms in total. The minimum atomic E-state index is 0.667. The van der Waals surface area contributed by atoms with E-state index < -0.39 is 0 Å². The van der Waals surface area contributed by atoms with Crippen molar-refractivity contribution in [2.45, 2.75) is 38.6 Å². The van der Waals surface area contributed by atoms with Gasteiger partial charge in [-0.15, -0.1) is 0 Å². The van der Waals surface area contributed by atoms with Crippen LogP contribution in [-0.2, 0) is 0 Å². The van der Waals surface area contributed by atoms with E-state index in [2.05, 4.69) is 22.9 Å². The molecule has 0 bridgehead atoms. The van der Waals surface area contributed by atoms with Gasteiger partial charge in [0.1, 0.15) is 5.82 Å². The maximum absolute atomic E-state index is 5.91. The SMILES string of the molecule is CCCCN(c1cccnc1N)C1CC1. The third kappa shape index (κ3) is 2.41. The van der Waals surface area contributed by atoms with Gasteiger partial charge in [0.15, 0.2) is 0 Å². The molecular weight excluding hydrogens is 186 g/mol. The summed E-state index contributed by atoms with van der Waals surface area (Å²) in [4.78, 5) is 6.58. The summed E-state index contributed by atoms with van der Waals surface area (Å²) in [5.74, 6) is 0.667. The van der Waals surface area contributed by atoms with E-state index >= 15 is 0 Å². The van der Waals surface area contributed by atoms with E-state index in [1.807, 2.05) is 6.07 Å². The summed E-state index contributed by atoms with van der Waals surface area (Å²) in [5.41, 5.74) is 7.02. The first-order valence-corrected chi connectivity index (χ1v) is 5.80. The highest BCUT2D eigenvalue weighted by Gasteiger charge is 2.29. The smallest absolute Gasteiger partial charge is 0.146 e. The lowest BCUT2D eigenvalue weighted by Gasteiger charge is -2.25. The van der Waals surface area contributed by atoms with Crippen molar-refractivity contribution in [1.82, 2.24) is 4.98 Å². The van der Waals surface area contributed by atoms with Crippen LogP contribution >= 0.6 is 0 Å². The highest BCUT2D eigenvalue weighted by Crippen LogP contribution is 2.33. The zero-order valence-corrected chi connectivity index (χ0v) is 9.32. The first kappa shape index (κ1) is 10.3. The topological polar surface area (TPSA) is 42.2 Å². The molecule has 1 heterocycles. The lowest BCUT2D eigenvalue weighted by molar-refractivity contribution is 0.713. The standard InChI is InChI=1S/C12H19N3/c1-2-3-9-15(10-6-7-10)11-5-4-8-14-12(11)13/h4-5,8,10H,2-3,6-7,9H2,1H3,(H2,13,14). The number of hydrogen-bond acceptors (Lipinski definition) is 3. The molecule has 0 aliphatic heterocycles. The van der Waals surface area contributed by atoms with E-state index in [4.69, 9.17) is 5.73 Å². The fourth-order valence-electron chi connectivity index (χ4n) is 1.87. The molecule has 1 fully saturated rings. The number of anilines is 2. The van der Waals surface area contributed by atoms with Gasteiger partial charge in [-0.05, 0) is 31.4 Å². The van der Waals surface area contributed by atoms with Crippen LogP contribution in [0.5, 0.6) is 0 Å². The summed E-state index contributed by atoms with van der Waals surface area (Å²) in [6.45, 7) is 3.33. The Bertz CT molecular complexity index is 320. The van der Waals surface area contributed by atoms with Crippen LogP contribution in [0.2, 0.25) is 0 Å². The lowest BCUT2D eigenvalue weighted by Crippen LogP contribution is -2.27. The summed E-state index contributed by atoms with van der Waals surface area (Å²) in [7, 11) is 0. The van der Waals surface area contributed by atoms with E-state index in [-0.39, 0.29) is 0 Å². The van der Waals surface area contributed by atoms with Gasteiger partial charge in [0.25, 0.3) is 0 Å². The van der Waals surface area contributed by atoms with Gasteiger partial charge in [0, 0.05) is 18.8 Å². The summed E-state index contributed by atoms with van der Waals surface area (Å²) >= 11 is 0. The highest BCUT2D eigenvalue weighted by atomic mass is 15.2. The molecule has 0 amide bonds. The largest absolute Gasteiger partial charge is 0.382 e. The fraction of sp³-hybridized carbons (Fsp3) is 0.583. The van der Waals surface area contributed by atoms with E-state index in [0.717, 1.165) is 12.2 Å². The average Bonchev–Trinajstić information content (AvgIpc) is 3.05. The molecule has 2 rings (SSSR count). The molecule has 0 atom stereocenters. The van der Waals surface area contributed by atoms with Crippen LogP contribution in [0.3, 0.4) is 0 Å². The number of nitrogen functional groups attached to an aromatic ring is 1. The number of nitrogens with zero attached hydrogens (tertiary/aromatic N) is 2. The summed E-state index contributed by atoms with van der Waals surface area (Å²) in [5, 5.41) is 0. The van der Waals surface area contributed by atoms with E-state index in [9.17, 15) is 0 Å². The maximum atomic E-state index is 5.91. The third-order valence-electron chi connectivity index (χ3n) is 2.87. The average molecular weight is 205 g/mol. The fourth-order valence-corrected chi connectivity index (χ4v) is 1.87. The number of rotatable bonds is 5. The van der Waals surface area contributed by atoms with Crippen molar-refractivity contribution < 1.29 is 0 Å². The molecule has 3 heteroatoms. The maximum Gasteiger partial charge on any atom is 0.146 e. The molecule has 0 spiro atoms. The van der Waals surface area contributed by atoms with Gasteiger partial charge in [-0.2, -0.15) is 0 Å². The molecule has 82 valence electrons. The Morgan fingerprint density at radius 2 is 2.33 bits per heavy atom. The molecule has 1 aromatic rings. The molecule has 1 saturated carbocycles. The van der Waals surface area contributed by atoms with Crippen molar-refractivity contribution in [2.75, 3.05) is 17.2 Å². The quantitative estimate of drug-likeness (QED) is 0.802. The van der Waals surface area contributed by atoms with Crippen LogP contribution in [0.15, 0.2) is 18.3 Å². The molecular formula is C12H19N3. The molecule has 1 aromatic heterocycles. The van der Waals surface area contributed by atoms with Crippen molar-refractivity contribution in [2.24, 2.45) is 0 Å². The van der Waals surface area contributed by atoms with Gasteiger partial charge in [0.2, 0.25) is 0 Å². The lowest BCUT2D eigenvalue weighted by atomic mass is 10.2. The second kappa shape index (κ2) is 4.51. The second-order valence-corrected chi connectivity index (χ2v) is 4.19.